The minimum absolute atomic E-state index is 0.139. The van der Waals surface area contributed by atoms with Crippen molar-refractivity contribution in [3.05, 3.63) is 65.2 Å². The summed E-state index contributed by atoms with van der Waals surface area (Å²) in [6, 6.07) is 10.3. The molecule has 9 heteroatoms. The third-order valence-corrected chi connectivity index (χ3v) is 5.82. The molecule has 0 aliphatic heterocycles. The van der Waals surface area contributed by atoms with Gasteiger partial charge in [0.15, 0.2) is 0 Å². The van der Waals surface area contributed by atoms with Gasteiger partial charge in [-0.25, -0.2) is 0 Å². The summed E-state index contributed by atoms with van der Waals surface area (Å²) in [4.78, 5) is 14.5. The Labute approximate surface area is 174 Å². The second-order valence-electron chi connectivity index (χ2n) is 6.84. The Morgan fingerprint density at radius 3 is 2.27 bits per heavy atom. The number of hydrogen-bond donors (Lipinski definition) is 0. The molecule has 0 saturated heterocycles. The van der Waals surface area contributed by atoms with Crippen LogP contribution in [0.3, 0.4) is 0 Å². The highest BCUT2D eigenvalue weighted by Gasteiger charge is 2.30. The van der Waals surface area contributed by atoms with Gasteiger partial charge in [0, 0.05) is 18.2 Å². The van der Waals surface area contributed by atoms with E-state index in [9.17, 15) is 26.4 Å². The standard InChI is InChI=1S/C21H24F3NO4S/c1-4-15(3)25(20(26)17-9-11-18(12-10-17)21(22,23)24)14-16-7-6-8-19(13-16)29-30(27,28)5-2/h6-13,15H,4-5,14H2,1-3H3. The topological polar surface area (TPSA) is 63.7 Å². The first-order chi connectivity index (χ1) is 14.0. The maximum Gasteiger partial charge on any atom is 0.416 e. The molecule has 2 aromatic rings. The fraction of sp³-hybridized carbons (Fsp3) is 0.381. The summed E-state index contributed by atoms with van der Waals surface area (Å²) >= 11 is 0. The van der Waals surface area contributed by atoms with E-state index in [1.165, 1.54) is 24.0 Å². The Bertz CT molecular complexity index is 972. The second-order valence-corrected chi connectivity index (χ2v) is 8.70. The molecule has 5 nitrogen and oxygen atoms in total. The van der Waals surface area contributed by atoms with Gasteiger partial charge in [-0.15, -0.1) is 0 Å². The number of benzene rings is 2. The minimum atomic E-state index is -4.47. The molecule has 0 saturated carbocycles. The van der Waals surface area contributed by atoms with Crippen molar-refractivity contribution in [2.24, 2.45) is 0 Å². The quantitative estimate of drug-likeness (QED) is 0.546. The minimum Gasteiger partial charge on any atom is -0.382 e. The third-order valence-electron chi connectivity index (χ3n) is 4.67. The molecule has 0 radical (unpaired) electrons. The normalized spacial score (nSPS) is 13.0. The molecule has 1 atom stereocenters. The van der Waals surface area contributed by atoms with Gasteiger partial charge in [0.05, 0.1) is 11.3 Å². The number of halogens is 3. The molecule has 30 heavy (non-hydrogen) atoms. The van der Waals surface area contributed by atoms with E-state index in [4.69, 9.17) is 4.18 Å². The molecule has 0 heterocycles. The molecule has 1 amide bonds. The van der Waals surface area contributed by atoms with Crippen LogP contribution in [0.15, 0.2) is 48.5 Å². The molecule has 0 aromatic heterocycles. The Balaban J connectivity index is 2.27. The third kappa shape index (κ3) is 6.22. The SMILES string of the molecule is CCC(C)N(Cc1cccc(OS(=O)(=O)CC)c1)C(=O)c1ccc(C(F)(F)F)cc1. The first-order valence-electron chi connectivity index (χ1n) is 9.46. The van der Waals surface area contributed by atoms with Crippen LogP contribution in [0.1, 0.15) is 48.7 Å². The first kappa shape index (κ1) is 23.7. The number of carbonyl (C=O) groups is 1. The monoisotopic (exact) mass is 443 g/mol. The number of alkyl halides is 3. The van der Waals surface area contributed by atoms with Gasteiger partial charge >= 0.3 is 16.3 Å². The molecule has 1 unspecified atom stereocenters. The number of carbonyl (C=O) groups excluding carboxylic acids is 1. The Morgan fingerprint density at radius 1 is 1.10 bits per heavy atom. The highest BCUT2D eigenvalue weighted by Crippen LogP contribution is 2.29. The van der Waals surface area contributed by atoms with Crippen LogP contribution in [-0.2, 0) is 22.8 Å². The predicted molar refractivity (Wildman–Crippen MR) is 108 cm³/mol. The van der Waals surface area contributed by atoms with Crippen molar-refractivity contribution >= 4 is 16.0 Å². The molecule has 0 aliphatic carbocycles. The molecular formula is C21H24F3NO4S. The van der Waals surface area contributed by atoms with Gasteiger partial charge in [0.1, 0.15) is 5.75 Å². The van der Waals surface area contributed by atoms with Gasteiger partial charge in [0.25, 0.3) is 5.91 Å². The average molecular weight is 443 g/mol. The zero-order chi connectivity index (χ0) is 22.5. The fourth-order valence-electron chi connectivity index (χ4n) is 2.71. The first-order valence-corrected chi connectivity index (χ1v) is 11.0. The Hall–Kier alpha value is -2.55. The van der Waals surface area contributed by atoms with E-state index in [-0.39, 0.29) is 29.7 Å². The zero-order valence-corrected chi connectivity index (χ0v) is 17.8. The molecular weight excluding hydrogens is 419 g/mol. The fourth-order valence-corrected chi connectivity index (χ4v) is 3.23. The smallest absolute Gasteiger partial charge is 0.382 e. The highest BCUT2D eigenvalue weighted by atomic mass is 32.2. The van der Waals surface area contributed by atoms with Crippen molar-refractivity contribution in [1.82, 2.24) is 4.90 Å². The Morgan fingerprint density at radius 2 is 1.73 bits per heavy atom. The van der Waals surface area contributed by atoms with Crippen molar-refractivity contribution in [3.8, 4) is 5.75 Å². The van der Waals surface area contributed by atoms with Crippen LogP contribution in [0.5, 0.6) is 5.75 Å². The average Bonchev–Trinajstić information content (AvgIpc) is 2.70. The molecule has 0 N–H and O–H groups in total. The van der Waals surface area contributed by atoms with Crippen molar-refractivity contribution < 1.29 is 30.6 Å². The summed E-state index contributed by atoms with van der Waals surface area (Å²) in [5.41, 5.74) is -0.0419. The zero-order valence-electron chi connectivity index (χ0n) is 16.9. The lowest BCUT2D eigenvalue weighted by Crippen LogP contribution is -2.37. The maximum absolute atomic E-state index is 13.0. The summed E-state index contributed by atoms with van der Waals surface area (Å²) < 4.78 is 66.7. The number of rotatable bonds is 8. The van der Waals surface area contributed by atoms with Crippen molar-refractivity contribution in [2.75, 3.05) is 5.75 Å². The number of amides is 1. The van der Waals surface area contributed by atoms with E-state index in [2.05, 4.69) is 0 Å². The Kier molecular flexibility index (Phi) is 7.52. The molecule has 0 spiro atoms. The van der Waals surface area contributed by atoms with Gasteiger partial charge in [-0.1, -0.05) is 19.1 Å². The molecule has 0 aliphatic rings. The van der Waals surface area contributed by atoms with E-state index in [0.29, 0.717) is 12.0 Å². The molecule has 2 rings (SSSR count). The van der Waals surface area contributed by atoms with E-state index in [0.717, 1.165) is 24.3 Å². The van der Waals surface area contributed by atoms with Crippen LogP contribution in [-0.4, -0.2) is 31.0 Å². The van der Waals surface area contributed by atoms with Crippen LogP contribution in [0, 0.1) is 0 Å². The number of nitrogens with zero attached hydrogens (tertiary/aromatic N) is 1. The van der Waals surface area contributed by atoms with Crippen molar-refractivity contribution in [2.45, 2.75) is 46.0 Å². The van der Waals surface area contributed by atoms with E-state index in [1.54, 1.807) is 12.1 Å². The summed E-state index contributed by atoms with van der Waals surface area (Å²) in [7, 11) is -3.69. The van der Waals surface area contributed by atoms with Crippen LogP contribution in [0.4, 0.5) is 13.2 Å². The van der Waals surface area contributed by atoms with Crippen LogP contribution < -0.4 is 4.18 Å². The lowest BCUT2D eigenvalue weighted by Gasteiger charge is -2.29. The van der Waals surface area contributed by atoms with Crippen molar-refractivity contribution in [3.63, 3.8) is 0 Å². The van der Waals surface area contributed by atoms with Gasteiger partial charge < -0.3 is 9.08 Å². The van der Waals surface area contributed by atoms with E-state index < -0.39 is 27.8 Å². The lowest BCUT2D eigenvalue weighted by molar-refractivity contribution is -0.137. The van der Waals surface area contributed by atoms with Crippen molar-refractivity contribution in [1.29, 1.82) is 0 Å². The van der Waals surface area contributed by atoms with Crippen LogP contribution in [0.25, 0.3) is 0 Å². The van der Waals surface area contributed by atoms with Gasteiger partial charge in [-0.3, -0.25) is 4.79 Å². The summed E-state index contributed by atoms with van der Waals surface area (Å²) in [6.45, 7) is 5.35. The molecule has 2 aromatic carbocycles. The predicted octanol–water partition coefficient (Wildman–Crippen LogP) is 4.87. The highest BCUT2D eigenvalue weighted by molar-refractivity contribution is 7.87. The molecule has 164 valence electrons. The summed E-state index contributed by atoms with van der Waals surface area (Å²) in [6.07, 6.45) is -3.84. The van der Waals surface area contributed by atoms with Gasteiger partial charge in [-0.2, -0.15) is 21.6 Å². The van der Waals surface area contributed by atoms with Crippen LogP contribution >= 0.6 is 0 Å². The van der Waals surface area contributed by atoms with Gasteiger partial charge in [-0.05, 0) is 62.2 Å². The number of hydrogen-bond acceptors (Lipinski definition) is 4. The summed E-state index contributed by atoms with van der Waals surface area (Å²) in [5, 5.41) is 0. The largest absolute Gasteiger partial charge is 0.416 e. The van der Waals surface area contributed by atoms with Gasteiger partial charge in [0.2, 0.25) is 0 Å². The maximum atomic E-state index is 13.0. The van der Waals surface area contributed by atoms with Crippen LogP contribution in [0.2, 0.25) is 0 Å². The second kappa shape index (κ2) is 9.51. The van der Waals surface area contributed by atoms with E-state index >= 15 is 0 Å². The van der Waals surface area contributed by atoms with E-state index in [1.807, 2.05) is 13.8 Å². The molecule has 0 bridgehead atoms. The molecule has 0 fully saturated rings. The summed E-state index contributed by atoms with van der Waals surface area (Å²) in [5.74, 6) is -0.450. The lowest BCUT2D eigenvalue weighted by atomic mass is 10.1.